The number of rotatable bonds is 2. The Kier molecular flexibility index (Phi) is 4.15. The predicted molar refractivity (Wildman–Crippen MR) is 93.9 cm³/mol. The summed E-state index contributed by atoms with van der Waals surface area (Å²) in [5.74, 6) is 0. The van der Waals surface area contributed by atoms with Gasteiger partial charge in [0.25, 0.3) is 0 Å². The summed E-state index contributed by atoms with van der Waals surface area (Å²) < 4.78 is 0. The highest BCUT2D eigenvalue weighted by atomic mass is 35.5. The number of halogens is 2. The Morgan fingerprint density at radius 2 is 1.73 bits per heavy atom. The van der Waals surface area contributed by atoms with Gasteiger partial charge in [0.05, 0.1) is 16.7 Å². The average molecular weight is 324 g/mol. The molecule has 106 valence electrons. The number of allylic oxidation sites excluding steroid dienone is 1. The Morgan fingerprint density at radius 3 is 2.50 bits per heavy atom. The van der Waals surface area contributed by atoms with E-state index in [1.54, 1.807) is 18.2 Å². The normalized spacial score (nSPS) is 11.4. The lowest BCUT2D eigenvalue weighted by molar-refractivity contribution is 1.52. The maximum Gasteiger partial charge on any atom is 0.0998 e. The lowest BCUT2D eigenvalue weighted by Crippen LogP contribution is -1.85. The Bertz CT molecular complexity index is 915. The Hall–Kier alpha value is -2.27. The number of hydrogen-bond acceptors (Lipinski definition) is 1. The summed E-state index contributed by atoms with van der Waals surface area (Å²) in [6.45, 7) is 0. The number of fused-ring (bicyclic) bond motifs is 1. The van der Waals surface area contributed by atoms with Gasteiger partial charge in [0, 0.05) is 10.6 Å². The number of benzene rings is 3. The molecule has 1 nitrogen and oxygen atoms in total. The molecule has 0 aliphatic carbocycles. The van der Waals surface area contributed by atoms with Crippen molar-refractivity contribution in [1.29, 1.82) is 5.26 Å². The van der Waals surface area contributed by atoms with Crippen LogP contribution in [-0.2, 0) is 0 Å². The fraction of sp³-hybridized carbons (Fsp3) is 0. The summed E-state index contributed by atoms with van der Waals surface area (Å²) in [7, 11) is 0. The van der Waals surface area contributed by atoms with Gasteiger partial charge in [0.2, 0.25) is 0 Å². The molecule has 0 N–H and O–H groups in total. The molecule has 3 rings (SSSR count). The SMILES string of the molecule is N#C/C(=C\c1cccc2ccccc12)c1ccc(Cl)cc1Cl. The van der Waals surface area contributed by atoms with Gasteiger partial charge in [-0.1, -0.05) is 71.7 Å². The first-order valence-corrected chi connectivity index (χ1v) is 7.49. The highest BCUT2D eigenvalue weighted by Crippen LogP contribution is 2.29. The lowest BCUT2D eigenvalue weighted by Gasteiger charge is -2.06. The molecule has 0 atom stereocenters. The van der Waals surface area contributed by atoms with E-state index < -0.39 is 0 Å². The first-order valence-electron chi connectivity index (χ1n) is 6.74. The van der Waals surface area contributed by atoms with Gasteiger partial charge in [0.1, 0.15) is 0 Å². The molecule has 0 heterocycles. The van der Waals surface area contributed by atoms with Gasteiger partial charge in [-0.3, -0.25) is 0 Å². The van der Waals surface area contributed by atoms with Gasteiger partial charge in [0.15, 0.2) is 0 Å². The molecule has 3 heteroatoms. The topological polar surface area (TPSA) is 23.8 Å². The maximum absolute atomic E-state index is 9.50. The molecule has 0 aromatic heterocycles. The smallest absolute Gasteiger partial charge is 0.0998 e. The van der Waals surface area contributed by atoms with Crippen LogP contribution in [0.5, 0.6) is 0 Å². The van der Waals surface area contributed by atoms with Crippen molar-refractivity contribution in [2.24, 2.45) is 0 Å². The first-order chi connectivity index (χ1) is 10.7. The summed E-state index contributed by atoms with van der Waals surface area (Å²) >= 11 is 12.1. The third-order valence-corrected chi connectivity index (χ3v) is 4.01. The minimum Gasteiger partial charge on any atom is -0.192 e. The Labute approximate surface area is 139 Å². The average Bonchev–Trinajstić information content (AvgIpc) is 2.53. The van der Waals surface area contributed by atoms with E-state index >= 15 is 0 Å². The molecule has 3 aromatic carbocycles. The van der Waals surface area contributed by atoms with Crippen molar-refractivity contribution in [3.8, 4) is 6.07 Å². The molecule has 0 fully saturated rings. The number of nitrogens with zero attached hydrogens (tertiary/aromatic N) is 1. The van der Waals surface area contributed by atoms with Crippen molar-refractivity contribution >= 4 is 45.6 Å². The molecule has 0 radical (unpaired) electrons. The van der Waals surface area contributed by atoms with Crippen LogP contribution < -0.4 is 0 Å². The molecule has 3 aromatic rings. The third-order valence-electron chi connectivity index (χ3n) is 3.46. The fourth-order valence-electron chi connectivity index (χ4n) is 2.41. The zero-order valence-electron chi connectivity index (χ0n) is 11.6. The van der Waals surface area contributed by atoms with Crippen LogP contribution in [0.1, 0.15) is 11.1 Å². The van der Waals surface area contributed by atoms with Gasteiger partial charge >= 0.3 is 0 Å². The second kappa shape index (κ2) is 6.23. The standard InChI is InChI=1S/C19H11Cl2N/c20-16-8-9-18(19(21)11-16)15(12-22)10-14-6-3-5-13-4-1-2-7-17(13)14/h1-11H/b15-10+. The summed E-state index contributed by atoms with van der Waals surface area (Å²) in [4.78, 5) is 0. The second-order valence-electron chi connectivity index (χ2n) is 4.86. The molecule has 22 heavy (non-hydrogen) atoms. The molecule has 0 bridgehead atoms. The van der Waals surface area contributed by atoms with E-state index in [0.29, 0.717) is 21.2 Å². The minimum atomic E-state index is 0.473. The minimum absolute atomic E-state index is 0.473. The van der Waals surface area contributed by atoms with E-state index in [1.165, 1.54) is 0 Å². The van der Waals surface area contributed by atoms with Crippen molar-refractivity contribution in [1.82, 2.24) is 0 Å². The van der Waals surface area contributed by atoms with Crippen LogP contribution in [0.4, 0.5) is 0 Å². The van der Waals surface area contributed by atoms with E-state index in [9.17, 15) is 5.26 Å². The molecule has 0 unspecified atom stereocenters. The molecular formula is C19H11Cl2N. The monoisotopic (exact) mass is 323 g/mol. The van der Waals surface area contributed by atoms with Gasteiger partial charge in [-0.05, 0) is 34.5 Å². The van der Waals surface area contributed by atoms with E-state index in [0.717, 1.165) is 16.3 Å². The first kappa shape index (κ1) is 14.7. The molecular weight excluding hydrogens is 313 g/mol. The summed E-state index contributed by atoms with van der Waals surface area (Å²) in [6, 6.07) is 21.5. The van der Waals surface area contributed by atoms with Crippen molar-refractivity contribution < 1.29 is 0 Å². The van der Waals surface area contributed by atoms with Crippen molar-refractivity contribution in [2.75, 3.05) is 0 Å². The van der Waals surface area contributed by atoms with Crippen LogP contribution in [0, 0.1) is 11.3 Å². The summed E-state index contributed by atoms with van der Waals surface area (Å²) in [6.07, 6.45) is 1.86. The quantitative estimate of drug-likeness (QED) is 0.406. The van der Waals surface area contributed by atoms with E-state index in [-0.39, 0.29) is 0 Å². The number of nitriles is 1. The van der Waals surface area contributed by atoms with Gasteiger partial charge in [-0.25, -0.2) is 0 Å². The molecule has 0 amide bonds. The second-order valence-corrected chi connectivity index (χ2v) is 5.71. The lowest BCUT2D eigenvalue weighted by atomic mass is 9.99. The highest BCUT2D eigenvalue weighted by molar-refractivity contribution is 6.36. The van der Waals surface area contributed by atoms with E-state index in [1.807, 2.05) is 48.5 Å². The largest absolute Gasteiger partial charge is 0.192 e. The van der Waals surface area contributed by atoms with Gasteiger partial charge in [-0.2, -0.15) is 5.26 Å². The summed E-state index contributed by atoms with van der Waals surface area (Å²) in [5, 5.41) is 12.8. The van der Waals surface area contributed by atoms with Crippen LogP contribution in [0.25, 0.3) is 22.4 Å². The molecule has 0 saturated carbocycles. The fourth-order valence-corrected chi connectivity index (χ4v) is 2.92. The van der Waals surface area contributed by atoms with E-state index in [2.05, 4.69) is 6.07 Å². The third kappa shape index (κ3) is 2.85. The molecule has 0 aliphatic heterocycles. The Morgan fingerprint density at radius 1 is 0.955 bits per heavy atom. The van der Waals surface area contributed by atoms with Crippen molar-refractivity contribution in [2.45, 2.75) is 0 Å². The number of hydrogen-bond donors (Lipinski definition) is 0. The highest BCUT2D eigenvalue weighted by Gasteiger charge is 2.08. The Balaban J connectivity index is 2.17. The van der Waals surface area contributed by atoms with Crippen molar-refractivity contribution in [3.05, 3.63) is 81.8 Å². The van der Waals surface area contributed by atoms with Crippen LogP contribution in [0.3, 0.4) is 0 Å². The molecule has 0 aliphatic rings. The summed E-state index contributed by atoms with van der Waals surface area (Å²) in [5.41, 5.74) is 2.18. The van der Waals surface area contributed by atoms with E-state index in [4.69, 9.17) is 23.2 Å². The maximum atomic E-state index is 9.50. The zero-order chi connectivity index (χ0) is 15.5. The van der Waals surface area contributed by atoms with Crippen LogP contribution >= 0.6 is 23.2 Å². The van der Waals surface area contributed by atoms with Crippen LogP contribution in [0.15, 0.2) is 60.7 Å². The molecule has 0 saturated heterocycles. The molecule has 0 spiro atoms. The predicted octanol–water partition coefficient (Wildman–Crippen LogP) is 6.21. The van der Waals surface area contributed by atoms with Gasteiger partial charge < -0.3 is 0 Å². The van der Waals surface area contributed by atoms with Crippen LogP contribution in [0.2, 0.25) is 10.0 Å². The van der Waals surface area contributed by atoms with Gasteiger partial charge in [-0.15, -0.1) is 0 Å². The van der Waals surface area contributed by atoms with Crippen LogP contribution in [-0.4, -0.2) is 0 Å². The zero-order valence-corrected chi connectivity index (χ0v) is 13.1. The van der Waals surface area contributed by atoms with Crippen molar-refractivity contribution in [3.63, 3.8) is 0 Å².